The summed E-state index contributed by atoms with van der Waals surface area (Å²) in [6.07, 6.45) is 13.0. The first-order valence-electron chi connectivity index (χ1n) is 5.01. The Morgan fingerprint density at radius 2 is 1.91 bits per heavy atom. The monoisotopic (exact) mass is 152 g/mol. The van der Waals surface area contributed by atoms with Crippen LogP contribution >= 0.6 is 0 Å². The van der Waals surface area contributed by atoms with Gasteiger partial charge in [-0.25, -0.2) is 0 Å². The molecule has 0 N–H and O–H groups in total. The van der Waals surface area contributed by atoms with E-state index in [0.717, 1.165) is 0 Å². The molecule has 0 aliphatic heterocycles. The van der Waals surface area contributed by atoms with Crippen LogP contribution in [0.1, 0.15) is 52.4 Å². The van der Waals surface area contributed by atoms with Crippen LogP contribution in [0, 0.1) is 5.41 Å². The highest BCUT2D eigenvalue weighted by Gasteiger charge is 2.22. The summed E-state index contributed by atoms with van der Waals surface area (Å²) in [6.45, 7) is 4.64. The molecule has 1 aliphatic carbocycles. The van der Waals surface area contributed by atoms with Crippen molar-refractivity contribution in [2.75, 3.05) is 0 Å². The maximum Gasteiger partial charge on any atom is -0.0123 e. The van der Waals surface area contributed by atoms with Crippen LogP contribution in [-0.4, -0.2) is 0 Å². The van der Waals surface area contributed by atoms with E-state index in [0.29, 0.717) is 5.41 Å². The molecule has 0 unspecified atom stereocenters. The summed E-state index contributed by atoms with van der Waals surface area (Å²) < 4.78 is 0. The van der Waals surface area contributed by atoms with Crippen molar-refractivity contribution in [1.29, 1.82) is 0 Å². The Balaban J connectivity index is 2.62. The van der Waals surface area contributed by atoms with Gasteiger partial charge in [0.1, 0.15) is 0 Å². The fourth-order valence-electron chi connectivity index (χ4n) is 2.00. The highest BCUT2D eigenvalue weighted by Crippen LogP contribution is 2.36. The van der Waals surface area contributed by atoms with Gasteiger partial charge in [0.25, 0.3) is 0 Å². The van der Waals surface area contributed by atoms with E-state index in [1.165, 1.54) is 38.5 Å². The number of hydrogen-bond donors (Lipinski definition) is 0. The molecule has 0 saturated carbocycles. The summed E-state index contributed by atoms with van der Waals surface area (Å²) in [5, 5.41) is 0. The van der Waals surface area contributed by atoms with Crippen LogP contribution < -0.4 is 0 Å². The Kier molecular flexibility index (Phi) is 3.16. The van der Waals surface area contributed by atoms with Gasteiger partial charge in [0, 0.05) is 0 Å². The van der Waals surface area contributed by atoms with Crippen LogP contribution in [0.5, 0.6) is 0 Å². The van der Waals surface area contributed by atoms with Gasteiger partial charge in [0.05, 0.1) is 0 Å². The van der Waals surface area contributed by atoms with E-state index in [1.54, 1.807) is 0 Å². The average Bonchev–Trinajstić information content (AvgIpc) is 2.30. The standard InChI is InChI=1S/C11H20/c1-3-11(4-2)9-7-5-6-8-10-11/h7,9H,3-6,8,10H2,1-2H3. The number of rotatable bonds is 2. The molecule has 0 radical (unpaired) electrons. The maximum absolute atomic E-state index is 2.47. The Bertz CT molecular complexity index is 129. The smallest absolute Gasteiger partial charge is 0.0123 e. The lowest BCUT2D eigenvalue weighted by molar-refractivity contribution is 0.319. The summed E-state index contributed by atoms with van der Waals surface area (Å²) in [6, 6.07) is 0. The molecule has 0 aromatic carbocycles. The second-order valence-corrected chi connectivity index (χ2v) is 3.72. The third-order valence-corrected chi connectivity index (χ3v) is 3.18. The summed E-state index contributed by atoms with van der Waals surface area (Å²) in [7, 11) is 0. The van der Waals surface area contributed by atoms with Gasteiger partial charge < -0.3 is 0 Å². The Labute approximate surface area is 70.7 Å². The van der Waals surface area contributed by atoms with E-state index >= 15 is 0 Å². The normalized spacial score (nSPS) is 23.1. The van der Waals surface area contributed by atoms with Crippen molar-refractivity contribution in [1.82, 2.24) is 0 Å². The van der Waals surface area contributed by atoms with Gasteiger partial charge >= 0.3 is 0 Å². The molecule has 0 heterocycles. The van der Waals surface area contributed by atoms with Gasteiger partial charge in [-0.1, -0.05) is 32.4 Å². The van der Waals surface area contributed by atoms with E-state index in [4.69, 9.17) is 0 Å². The Morgan fingerprint density at radius 3 is 2.55 bits per heavy atom. The van der Waals surface area contributed by atoms with Gasteiger partial charge in [-0.15, -0.1) is 0 Å². The van der Waals surface area contributed by atoms with Crippen LogP contribution in [0.15, 0.2) is 12.2 Å². The van der Waals surface area contributed by atoms with Gasteiger partial charge in [-0.3, -0.25) is 0 Å². The van der Waals surface area contributed by atoms with E-state index in [9.17, 15) is 0 Å². The molecule has 11 heavy (non-hydrogen) atoms. The van der Waals surface area contributed by atoms with Gasteiger partial charge in [0.15, 0.2) is 0 Å². The zero-order chi connectivity index (χ0) is 8.16. The molecule has 0 aromatic rings. The predicted octanol–water partition coefficient (Wildman–Crippen LogP) is 3.92. The molecule has 0 saturated heterocycles. The molecule has 0 atom stereocenters. The number of allylic oxidation sites excluding steroid dienone is 2. The van der Waals surface area contributed by atoms with Crippen LogP contribution in [0.25, 0.3) is 0 Å². The number of hydrogen-bond acceptors (Lipinski definition) is 0. The molecule has 0 fully saturated rings. The van der Waals surface area contributed by atoms with Crippen molar-refractivity contribution in [2.24, 2.45) is 5.41 Å². The largest absolute Gasteiger partial charge is 0.0880 e. The molecule has 1 rings (SSSR count). The van der Waals surface area contributed by atoms with E-state index in [1.807, 2.05) is 0 Å². The third kappa shape index (κ3) is 2.08. The van der Waals surface area contributed by atoms with Crippen LogP contribution in [0.2, 0.25) is 0 Å². The molecule has 64 valence electrons. The molecule has 0 aromatic heterocycles. The van der Waals surface area contributed by atoms with Gasteiger partial charge in [-0.2, -0.15) is 0 Å². The van der Waals surface area contributed by atoms with Crippen LogP contribution in [0.4, 0.5) is 0 Å². The molecule has 0 nitrogen and oxygen atoms in total. The molecular formula is C11H20. The lowest BCUT2D eigenvalue weighted by atomic mass is 9.79. The minimum absolute atomic E-state index is 0.566. The van der Waals surface area contributed by atoms with Crippen molar-refractivity contribution < 1.29 is 0 Å². The Morgan fingerprint density at radius 1 is 1.18 bits per heavy atom. The van der Waals surface area contributed by atoms with Crippen molar-refractivity contribution in [3.8, 4) is 0 Å². The minimum atomic E-state index is 0.566. The van der Waals surface area contributed by atoms with Crippen molar-refractivity contribution in [3.63, 3.8) is 0 Å². The molecule has 1 aliphatic rings. The van der Waals surface area contributed by atoms with Gasteiger partial charge in [-0.05, 0) is 37.5 Å². The third-order valence-electron chi connectivity index (χ3n) is 3.18. The van der Waals surface area contributed by atoms with Crippen molar-refractivity contribution >= 4 is 0 Å². The molecule has 0 heteroatoms. The molecule has 0 bridgehead atoms. The second-order valence-electron chi connectivity index (χ2n) is 3.72. The summed E-state index contributed by atoms with van der Waals surface area (Å²) >= 11 is 0. The zero-order valence-corrected chi connectivity index (χ0v) is 7.90. The average molecular weight is 152 g/mol. The topological polar surface area (TPSA) is 0 Å². The molecular weight excluding hydrogens is 132 g/mol. The first-order valence-corrected chi connectivity index (χ1v) is 5.01. The SMILES string of the molecule is CCC1(CC)C=CCCCC1. The van der Waals surface area contributed by atoms with E-state index in [-0.39, 0.29) is 0 Å². The lowest BCUT2D eigenvalue weighted by Gasteiger charge is -2.26. The van der Waals surface area contributed by atoms with E-state index < -0.39 is 0 Å². The van der Waals surface area contributed by atoms with Crippen LogP contribution in [-0.2, 0) is 0 Å². The fourth-order valence-corrected chi connectivity index (χ4v) is 2.00. The molecule has 0 spiro atoms. The summed E-state index contributed by atoms with van der Waals surface area (Å²) in [5.41, 5.74) is 0.566. The summed E-state index contributed by atoms with van der Waals surface area (Å²) in [4.78, 5) is 0. The highest BCUT2D eigenvalue weighted by atomic mass is 14.3. The Hall–Kier alpha value is -0.260. The maximum atomic E-state index is 2.47. The van der Waals surface area contributed by atoms with Gasteiger partial charge in [0.2, 0.25) is 0 Å². The van der Waals surface area contributed by atoms with Crippen molar-refractivity contribution in [2.45, 2.75) is 52.4 Å². The predicted molar refractivity (Wildman–Crippen MR) is 50.6 cm³/mol. The fraction of sp³-hybridized carbons (Fsp3) is 0.818. The first kappa shape index (κ1) is 8.83. The van der Waals surface area contributed by atoms with E-state index in [2.05, 4.69) is 26.0 Å². The zero-order valence-electron chi connectivity index (χ0n) is 7.90. The van der Waals surface area contributed by atoms with Crippen LogP contribution in [0.3, 0.4) is 0 Å². The lowest BCUT2D eigenvalue weighted by Crippen LogP contribution is -2.14. The van der Waals surface area contributed by atoms with Crippen molar-refractivity contribution in [3.05, 3.63) is 12.2 Å². The quantitative estimate of drug-likeness (QED) is 0.526. The highest BCUT2D eigenvalue weighted by molar-refractivity contribution is 5.00. The minimum Gasteiger partial charge on any atom is -0.0880 e. The molecule has 0 amide bonds. The second kappa shape index (κ2) is 3.94. The first-order chi connectivity index (χ1) is 5.33. The summed E-state index contributed by atoms with van der Waals surface area (Å²) in [5.74, 6) is 0.